The van der Waals surface area contributed by atoms with Crippen LogP contribution >= 0.6 is 0 Å². The predicted octanol–water partition coefficient (Wildman–Crippen LogP) is 0.00940. The predicted molar refractivity (Wildman–Crippen MR) is 70.4 cm³/mol. The third-order valence-electron chi connectivity index (χ3n) is 3.34. The minimum Gasteiger partial charge on any atom is -0.396 e. The number of aliphatic hydroxyl groups excluding tert-OH is 1. The molecular weight excluding hydrogens is 268 g/mol. The number of H-pyrrole nitrogens is 1. The number of imidazole rings is 1. The Morgan fingerprint density at radius 1 is 1.68 bits per heavy atom. The van der Waals surface area contributed by atoms with E-state index in [4.69, 9.17) is 5.11 Å². The molecule has 1 aromatic rings. The highest BCUT2D eigenvalue weighted by Gasteiger charge is 2.30. The Kier molecular flexibility index (Phi) is 4.56. The quantitative estimate of drug-likeness (QED) is 0.711. The summed E-state index contributed by atoms with van der Waals surface area (Å²) in [6.07, 6.45) is 4.89. The van der Waals surface area contributed by atoms with Crippen LogP contribution in [0.1, 0.15) is 31.6 Å². The number of nitrogens with one attached hydrogen (secondary N) is 2. The van der Waals surface area contributed by atoms with Crippen LogP contribution in [0.2, 0.25) is 0 Å². The summed E-state index contributed by atoms with van der Waals surface area (Å²) in [5, 5.41) is 9.15. The van der Waals surface area contributed by atoms with Crippen molar-refractivity contribution in [2.24, 2.45) is 5.92 Å². The summed E-state index contributed by atoms with van der Waals surface area (Å²) < 4.78 is 28.5. The fourth-order valence-electron chi connectivity index (χ4n) is 2.26. The molecule has 1 aliphatic heterocycles. The third-order valence-corrected chi connectivity index (χ3v) is 5.00. The van der Waals surface area contributed by atoms with Gasteiger partial charge in [0.1, 0.15) is 5.82 Å². The minimum atomic E-state index is -3.54. The van der Waals surface area contributed by atoms with Crippen molar-refractivity contribution in [1.29, 1.82) is 0 Å². The number of nitrogens with zero attached hydrogens (tertiary/aromatic N) is 2. The number of rotatable bonds is 5. The minimum absolute atomic E-state index is 0.0275. The van der Waals surface area contributed by atoms with Crippen molar-refractivity contribution in [3.8, 4) is 0 Å². The molecule has 0 saturated carbocycles. The van der Waals surface area contributed by atoms with Crippen LogP contribution in [0.25, 0.3) is 0 Å². The monoisotopic (exact) mass is 288 g/mol. The lowest BCUT2D eigenvalue weighted by Crippen LogP contribution is -2.47. The Morgan fingerprint density at radius 2 is 2.47 bits per heavy atom. The first-order chi connectivity index (χ1) is 9.03. The lowest BCUT2D eigenvalue weighted by molar-refractivity contribution is 0.164. The van der Waals surface area contributed by atoms with Crippen LogP contribution in [0, 0.1) is 5.92 Å². The smallest absolute Gasteiger partial charge is 0.280 e. The second-order valence-corrected chi connectivity index (χ2v) is 6.57. The van der Waals surface area contributed by atoms with E-state index in [2.05, 4.69) is 14.7 Å². The molecule has 2 atom stereocenters. The van der Waals surface area contributed by atoms with Crippen molar-refractivity contribution in [3.05, 3.63) is 18.2 Å². The van der Waals surface area contributed by atoms with E-state index in [0.717, 1.165) is 12.8 Å². The van der Waals surface area contributed by atoms with Crippen LogP contribution in [-0.4, -0.2) is 47.5 Å². The molecule has 0 spiro atoms. The van der Waals surface area contributed by atoms with Crippen LogP contribution in [0.5, 0.6) is 0 Å². The van der Waals surface area contributed by atoms with Crippen molar-refractivity contribution in [3.63, 3.8) is 0 Å². The molecule has 3 N–H and O–H groups in total. The van der Waals surface area contributed by atoms with E-state index in [1.54, 1.807) is 19.3 Å². The molecule has 1 fully saturated rings. The second-order valence-electron chi connectivity index (χ2n) is 4.87. The topological polar surface area (TPSA) is 98.3 Å². The van der Waals surface area contributed by atoms with Gasteiger partial charge >= 0.3 is 0 Å². The van der Waals surface area contributed by atoms with Crippen molar-refractivity contribution in [1.82, 2.24) is 19.0 Å². The zero-order valence-corrected chi connectivity index (χ0v) is 11.7. The molecule has 108 valence electrons. The zero-order chi connectivity index (χ0) is 13.9. The molecule has 1 saturated heterocycles. The van der Waals surface area contributed by atoms with E-state index < -0.39 is 16.3 Å². The summed E-state index contributed by atoms with van der Waals surface area (Å²) in [7, 11) is -3.54. The van der Waals surface area contributed by atoms with E-state index >= 15 is 0 Å². The molecule has 1 aliphatic rings. The Bertz CT molecular complexity index is 488. The SMILES string of the molecule is CC(NS(=O)(=O)N1CCCC(CO)C1)c1ncc[nH]1. The van der Waals surface area contributed by atoms with Gasteiger partial charge in [-0.2, -0.15) is 17.4 Å². The van der Waals surface area contributed by atoms with Gasteiger partial charge in [-0.3, -0.25) is 0 Å². The van der Waals surface area contributed by atoms with Gasteiger partial charge < -0.3 is 10.1 Å². The summed E-state index contributed by atoms with van der Waals surface area (Å²) in [5.74, 6) is 0.614. The van der Waals surface area contributed by atoms with Gasteiger partial charge in [0.05, 0.1) is 6.04 Å². The van der Waals surface area contributed by atoms with E-state index in [1.807, 2.05) is 0 Å². The summed E-state index contributed by atoms with van der Waals surface area (Å²) in [4.78, 5) is 6.92. The molecule has 2 unspecified atom stereocenters. The molecule has 0 aliphatic carbocycles. The standard InChI is InChI=1S/C11H20N4O3S/c1-9(11-12-4-5-13-11)14-19(17,18)15-6-2-3-10(7-15)8-16/h4-5,9-10,14,16H,2-3,6-8H2,1H3,(H,12,13). The molecule has 8 heteroatoms. The van der Waals surface area contributed by atoms with E-state index in [-0.39, 0.29) is 12.5 Å². The summed E-state index contributed by atoms with van der Waals surface area (Å²) in [5.41, 5.74) is 0. The number of hydrogen-bond acceptors (Lipinski definition) is 4. The second kappa shape index (κ2) is 6.00. The maximum absolute atomic E-state index is 12.2. The van der Waals surface area contributed by atoms with Crippen molar-refractivity contribution in [2.75, 3.05) is 19.7 Å². The van der Waals surface area contributed by atoms with Gasteiger partial charge in [0.25, 0.3) is 10.2 Å². The Labute approximate surface area is 113 Å². The molecule has 0 aromatic carbocycles. The first-order valence-corrected chi connectivity index (χ1v) is 7.84. The van der Waals surface area contributed by atoms with Crippen LogP contribution in [0.3, 0.4) is 0 Å². The van der Waals surface area contributed by atoms with E-state index in [1.165, 1.54) is 4.31 Å². The molecule has 0 radical (unpaired) electrons. The fraction of sp³-hybridized carbons (Fsp3) is 0.727. The third kappa shape index (κ3) is 3.53. The van der Waals surface area contributed by atoms with Gasteiger partial charge in [-0.25, -0.2) is 4.98 Å². The van der Waals surface area contributed by atoms with Crippen LogP contribution in [0.15, 0.2) is 12.4 Å². The Hall–Kier alpha value is -0.960. The number of piperidine rings is 1. The maximum atomic E-state index is 12.2. The highest BCUT2D eigenvalue weighted by Crippen LogP contribution is 2.19. The highest BCUT2D eigenvalue weighted by molar-refractivity contribution is 7.87. The van der Waals surface area contributed by atoms with Gasteiger partial charge in [-0.1, -0.05) is 0 Å². The normalized spacial score (nSPS) is 23.4. The fourth-order valence-corrected chi connectivity index (χ4v) is 3.75. The number of aromatic nitrogens is 2. The average molecular weight is 288 g/mol. The molecule has 7 nitrogen and oxygen atoms in total. The van der Waals surface area contributed by atoms with Crippen molar-refractivity contribution in [2.45, 2.75) is 25.8 Å². The molecule has 0 amide bonds. The number of hydrogen-bond donors (Lipinski definition) is 3. The first-order valence-electron chi connectivity index (χ1n) is 6.40. The van der Waals surface area contributed by atoms with Crippen LogP contribution < -0.4 is 4.72 Å². The van der Waals surface area contributed by atoms with Crippen molar-refractivity contribution >= 4 is 10.2 Å². The molecule has 0 bridgehead atoms. The first kappa shape index (κ1) is 14.4. The molecular formula is C11H20N4O3S. The average Bonchev–Trinajstić information content (AvgIpc) is 2.92. The van der Waals surface area contributed by atoms with E-state index in [9.17, 15) is 8.42 Å². The summed E-state index contributed by atoms with van der Waals surface area (Å²) in [6, 6.07) is -0.408. The largest absolute Gasteiger partial charge is 0.396 e. The lowest BCUT2D eigenvalue weighted by atomic mass is 10.0. The zero-order valence-electron chi connectivity index (χ0n) is 10.9. The number of aromatic amines is 1. The van der Waals surface area contributed by atoms with Gasteiger partial charge in [0.15, 0.2) is 0 Å². The highest BCUT2D eigenvalue weighted by atomic mass is 32.2. The molecule has 2 rings (SSSR count). The maximum Gasteiger partial charge on any atom is 0.280 e. The van der Waals surface area contributed by atoms with Crippen molar-refractivity contribution < 1.29 is 13.5 Å². The summed E-state index contributed by atoms with van der Waals surface area (Å²) >= 11 is 0. The van der Waals surface area contributed by atoms with E-state index in [0.29, 0.717) is 18.9 Å². The summed E-state index contributed by atoms with van der Waals surface area (Å²) in [6.45, 7) is 2.64. The Balaban J connectivity index is 2.01. The van der Waals surface area contributed by atoms with Gasteiger partial charge in [0, 0.05) is 32.1 Å². The lowest BCUT2D eigenvalue weighted by Gasteiger charge is -2.31. The van der Waals surface area contributed by atoms with Crippen LogP contribution in [0.4, 0.5) is 0 Å². The van der Waals surface area contributed by atoms with Gasteiger partial charge in [0.2, 0.25) is 0 Å². The van der Waals surface area contributed by atoms with Gasteiger partial charge in [-0.05, 0) is 25.7 Å². The number of aliphatic hydroxyl groups is 1. The molecule has 2 heterocycles. The van der Waals surface area contributed by atoms with Gasteiger partial charge in [-0.15, -0.1) is 0 Å². The van der Waals surface area contributed by atoms with Crippen LogP contribution in [-0.2, 0) is 10.2 Å². The Morgan fingerprint density at radius 3 is 3.11 bits per heavy atom. The molecule has 19 heavy (non-hydrogen) atoms. The molecule has 1 aromatic heterocycles.